The summed E-state index contributed by atoms with van der Waals surface area (Å²) in [6.07, 6.45) is 2.70. The zero-order chi connectivity index (χ0) is 18.6. The van der Waals surface area contributed by atoms with Gasteiger partial charge in [-0.3, -0.25) is 0 Å². The maximum absolute atomic E-state index is 11.9. The van der Waals surface area contributed by atoms with Crippen LogP contribution in [-0.2, 0) is 10.0 Å². The van der Waals surface area contributed by atoms with Crippen LogP contribution >= 0.6 is 0 Å². The normalized spacial score (nSPS) is 19.1. The van der Waals surface area contributed by atoms with Crippen molar-refractivity contribution in [2.75, 3.05) is 39.5 Å². The van der Waals surface area contributed by atoms with Gasteiger partial charge in [0.25, 0.3) is 0 Å². The van der Waals surface area contributed by atoms with Crippen LogP contribution in [0.15, 0.2) is 34.9 Å². The molecule has 1 saturated heterocycles. The van der Waals surface area contributed by atoms with Crippen molar-refractivity contribution in [1.29, 1.82) is 0 Å². The highest BCUT2D eigenvalue weighted by atomic mass is 32.2. The number of hydrogen-bond acceptors (Lipinski definition) is 6. The van der Waals surface area contributed by atoms with Crippen molar-refractivity contribution in [3.8, 4) is 11.4 Å². The average Bonchev–Trinajstić information content (AvgIpc) is 3.13. The molecule has 2 heterocycles. The molecule has 1 aromatic heterocycles. The largest absolute Gasteiger partial charge is 0.339 e. The molecule has 0 N–H and O–H groups in total. The topological polar surface area (TPSA) is 79.5 Å². The van der Waals surface area contributed by atoms with Crippen molar-refractivity contribution in [3.63, 3.8) is 0 Å². The maximum atomic E-state index is 11.9. The van der Waals surface area contributed by atoms with Crippen LogP contribution in [0.3, 0.4) is 0 Å². The monoisotopic (exact) mass is 378 g/mol. The van der Waals surface area contributed by atoms with E-state index in [4.69, 9.17) is 4.52 Å². The molecule has 1 aliphatic heterocycles. The number of piperidine rings is 1. The van der Waals surface area contributed by atoms with Crippen molar-refractivity contribution in [3.05, 3.63) is 36.2 Å². The lowest BCUT2D eigenvalue weighted by molar-refractivity contribution is 0.187. The summed E-state index contributed by atoms with van der Waals surface area (Å²) in [5.74, 6) is 1.68. The molecule has 2 aromatic rings. The fraction of sp³-hybridized carbons (Fsp3) is 0.556. The first-order valence-electron chi connectivity index (χ1n) is 8.97. The Hall–Kier alpha value is -1.77. The third kappa shape index (κ3) is 4.69. The zero-order valence-electron chi connectivity index (χ0n) is 15.3. The molecule has 142 valence electrons. The lowest BCUT2D eigenvalue weighted by Crippen LogP contribution is -2.36. The van der Waals surface area contributed by atoms with Crippen LogP contribution in [0, 0.1) is 0 Å². The van der Waals surface area contributed by atoms with Gasteiger partial charge >= 0.3 is 0 Å². The smallest absolute Gasteiger partial charge is 0.231 e. The van der Waals surface area contributed by atoms with E-state index in [-0.39, 0.29) is 11.7 Å². The second-order valence-electron chi connectivity index (χ2n) is 6.91. The third-order valence-electron chi connectivity index (χ3n) is 4.76. The summed E-state index contributed by atoms with van der Waals surface area (Å²) < 4.78 is 30.5. The van der Waals surface area contributed by atoms with Gasteiger partial charge in [-0.05, 0) is 32.4 Å². The molecule has 0 saturated carbocycles. The van der Waals surface area contributed by atoms with Crippen molar-refractivity contribution in [2.24, 2.45) is 0 Å². The molecule has 0 amide bonds. The van der Waals surface area contributed by atoms with Crippen molar-refractivity contribution < 1.29 is 12.9 Å². The number of sulfonamides is 1. The quantitative estimate of drug-likeness (QED) is 0.735. The Morgan fingerprint density at radius 3 is 2.77 bits per heavy atom. The van der Waals surface area contributed by atoms with Gasteiger partial charge in [0.05, 0.1) is 11.7 Å². The standard InChI is InChI=1S/C18H26N4O3S/c1-21(2)26(23,24)13-7-12-22-11-6-10-16(14-22)18-19-17(20-25-18)15-8-4-3-5-9-15/h3-5,8-9,16H,6-7,10-14H2,1-2H3/t16-/m1/s1. The molecule has 0 spiro atoms. The Labute approximate surface area is 155 Å². The number of nitrogens with zero attached hydrogens (tertiary/aromatic N) is 4. The first-order chi connectivity index (χ1) is 12.5. The van der Waals surface area contributed by atoms with Gasteiger partial charge in [-0.25, -0.2) is 12.7 Å². The molecular formula is C18H26N4O3S. The highest BCUT2D eigenvalue weighted by molar-refractivity contribution is 7.89. The molecule has 26 heavy (non-hydrogen) atoms. The van der Waals surface area contributed by atoms with E-state index in [0.29, 0.717) is 18.1 Å². The second kappa shape index (κ2) is 8.28. The molecule has 1 fully saturated rings. The highest BCUT2D eigenvalue weighted by Crippen LogP contribution is 2.27. The van der Waals surface area contributed by atoms with Gasteiger partial charge in [0.2, 0.25) is 21.7 Å². The molecule has 0 unspecified atom stereocenters. The van der Waals surface area contributed by atoms with Gasteiger partial charge in [0.15, 0.2) is 0 Å². The van der Waals surface area contributed by atoms with Crippen LogP contribution in [0.5, 0.6) is 0 Å². The van der Waals surface area contributed by atoms with E-state index in [0.717, 1.165) is 38.0 Å². The predicted octanol–water partition coefficient (Wildman–Crippen LogP) is 2.20. The Morgan fingerprint density at radius 2 is 2.04 bits per heavy atom. The van der Waals surface area contributed by atoms with Gasteiger partial charge in [-0.2, -0.15) is 4.98 Å². The molecule has 1 atom stereocenters. The molecule has 0 radical (unpaired) electrons. The van der Waals surface area contributed by atoms with Crippen molar-refractivity contribution >= 4 is 10.0 Å². The van der Waals surface area contributed by atoms with Crippen molar-refractivity contribution in [2.45, 2.75) is 25.2 Å². The molecule has 1 aromatic carbocycles. The first kappa shape index (κ1) is 19.0. The molecular weight excluding hydrogens is 352 g/mol. The van der Waals surface area contributed by atoms with E-state index in [1.165, 1.54) is 4.31 Å². The van der Waals surface area contributed by atoms with Crippen LogP contribution in [0.1, 0.15) is 31.1 Å². The lowest BCUT2D eigenvalue weighted by Gasteiger charge is -2.30. The van der Waals surface area contributed by atoms with Crippen LogP contribution in [-0.4, -0.2) is 67.2 Å². The lowest BCUT2D eigenvalue weighted by atomic mass is 9.98. The van der Waals surface area contributed by atoms with Crippen molar-refractivity contribution in [1.82, 2.24) is 19.3 Å². The minimum atomic E-state index is -3.13. The fourth-order valence-corrected chi connectivity index (χ4v) is 4.08. The maximum Gasteiger partial charge on any atom is 0.231 e. The molecule has 3 rings (SSSR count). The molecule has 8 heteroatoms. The Kier molecular flexibility index (Phi) is 6.05. The van der Waals surface area contributed by atoms with E-state index in [9.17, 15) is 8.42 Å². The van der Waals surface area contributed by atoms with Crippen LogP contribution in [0.25, 0.3) is 11.4 Å². The van der Waals surface area contributed by atoms with E-state index < -0.39 is 10.0 Å². The SMILES string of the molecule is CN(C)S(=O)(=O)CCCN1CCC[C@@H](c2nc(-c3ccccc3)no2)C1. The second-order valence-corrected chi connectivity index (χ2v) is 9.22. The summed E-state index contributed by atoms with van der Waals surface area (Å²) in [5, 5.41) is 4.11. The van der Waals surface area contributed by atoms with Crippen LogP contribution in [0.2, 0.25) is 0 Å². The van der Waals surface area contributed by atoms with Crippen LogP contribution < -0.4 is 0 Å². The molecule has 0 aliphatic carbocycles. The molecule has 1 aliphatic rings. The fourth-order valence-electron chi connectivity index (χ4n) is 3.22. The Balaban J connectivity index is 1.56. The summed E-state index contributed by atoms with van der Waals surface area (Å²) in [6, 6.07) is 9.80. The number of likely N-dealkylation sites (tertiary alicyclic amines) is 1. The number of hydrogen-bond donors (Lipinski definition) is 0. The highest BCUT2D eigenvalue weighted by Gasteiger charge is 2.26. The third-order valence-corrected chi connectivity index (χ3v) is 6.68. The number of benzene rings is 1. The molecule has 0 bridgehead atoms. The Bertz CT molecular complexity index is 805. The summed E-state index contributed by atoms with van der Waals surface area (Å²) in [4.78, 5) is 6.87. The average molecular weight is 378 g/mol. The minimum absolute atomic E-state index is 0.180. The summed E-state index contributed by atoms with van der Waals surface area (Å²) in [7, 11) is 0.0249. The van der Waals surface area contributed by atoms with E-state index >= 15 is 0 Å². The number of aromatic nitrogens is 2. The van der Waals surface area contributed by atoms with E-state index in [1.54, 1.807) is 14.1 Å². The summed E-state index contributed by atoms with van der Waals surface area (Å²) in [6.45, 7) is 2.58. The van der Waals surface area contributed by atoms with Gasteiger partial charge < -0.3 is 9.42 Å². The van der Waals surface area contributed by atoms with E-state index in [2.05, 4.69) is 15.0 Å². The van der Waals surface area contributed by atoms with E-state index in [1.807, 2.05) is 30.3 Å². The predicted molar refractivity (Wildman–Crippen MR) is 100 cm³/mol. The zero-order valence-corrected chi connectivity index (χ0v) is 16.2. The minimum Gasteiger partial charge on any atom is -0.339 e. The number of rotatable bonds is 7. The Morgan fingerprint density at radius 1 is 1.27 bits per heavy atom. The van der Waals surface area contributed by atoms with Crippen LogP contribution in [0.4, 0.5) is 0 Å². The van der Waals surface area contributed by atoms with Gasteiger partial charge in [-0.15, -0.1) is 0 Å². The summed E-state index contributed by atoms with van der Waals surface area (Å²) in [5.41, 5.74) is 0.948. The first-order valence-corrected chi connectivity index (χ1v) is 10.6. The van der Waals surface area contributed by atoms with Gasteiger partial charge in [0, 0.05) is 26.2 Å². The van der Waals surface area contributed by atoms with Gasteiger partial charge in [-0.1, -0.05) is 35.5 Å². The molecule has 7 nitrogen and oxygen atoms in total. The van der Waals surface area contributed by atoms with Gasteiger partial charge in [0.1, 0.15) is 0 Å². The summed E-state index contributed by atoms with van der Waals surface area (Å²) >= 11 is 0.